The third kappa shape index (κ3) is 1.95. The number of nitrogens with one attached hydrogen (secondary N) is 1. The van der Waals surface area contributed by atoms with Crippen LogP contribution in [0.25, 0.3) is 0 Å². The van der Waals surface area contributed by atoms with Gasteiger partial charge in [-0.3, -0.25) is 0 Å². The quantitative estimate of drug-likeness (QED) is 0.704. The molecule has 1 aliphatic heterocycles. The molecule has 0 radical (unpaired) electrons. The summed E-state index contributed by atoms with van der Waals surface area (Å²) >= 11 is 0. The van der Waals surface area contributed by atoms with Crippen LogP contribution in [0.2, 0.25) is 0 Å². The Morgan fingerprint density at radius 3 is 2.16 bits per heavy atom. The molecule has 0 spiro atoms. The Bertz CT molecular complexity index is 474. The predicted octanol–water partition coefficient (Wildman–Crippen LogP) is 4.17. The molecule has 0 bridgehead atoms. The minimum Gasteiger partial charge on any atom is -0.385 e. The molecule has 1 aromatic carbocycles. The Balaban J connectivity index is 2.73. The molecular weight excluding hydrogens is 272 g/mol. The highest BCUT2D eigenvalue weighted by Gasteiger charge is 2.72. The molecule has 0 aromatic heterocycles. The zero-order valence-electron chi connectivity index (χ0n) is 9.91. The maximum Gasteiger partial charge on any atom is 0.407 e. The zero-order valence-corrected chi connectivity index (χ0v) is 9.91. The molecule has 0 atom stereocenters. The molecule has 1 N–H and O–H groups in total. The van der Waals surface area contributed by atoms with Crippen LogP contribution in [0.1, 0.15) is 17.5 Å². The summed E-state index contributed by atoms with van der Waals surface area (Å²) in [6.45, 7) is 1.24. The van der Waals surface area contributed by atoms with Gasteiger partial charge in [-0.05, 0) is 30.5 Å². The van der Waals surface area contributed by atoms with Gasteiger partial charge in [0.25, 0.3) is 0 Å². The Hall–Kier alpha value is -1.40. The van der Waals surface area contributed by atoms with E-state index in [9.17, 15) is 26.3 Å². The van der Waals surface area contributed by atoms with E-state index in [0.717, 1.165) is 6.07 Å². The Kier molecular flexibility index (Phi) is 2.98. The number of anilines is 1. The number of rotatable bonds is 0. The van der Waals surface area contributed by atoms with Crippen molar-refractivity contribution in [3.8, 4) is 0 Å². The molecule has 1 nitrogen and oxygen atoms in total. The average molecular weight is 283 g/mol. The van der Waals surface area contributed by atoms with Crippen molar-refractivity contribution in [2.24, 2.45) is 0 Å². The fourth-order valence-electron chi connectivity index (χ4n) is 2.45. The second-order valence-corrected chi connectivity index (χ2v) is 4.63. The average Bonchev–Trinajstić information content (AvgIpc) is 2.24. The van der Waals surface area contributed by atoms with Crippen molar-refractivity contribution >= 4 is 5.69 Å². The first kappa shape index (κ1) is 14.0. The number of hydrogen-bond acceptors (Lipinski definition) is 1. The lowest BCUT2D eigenvalue weighted by atomic mass is 9.73. The zero-order chi connectivity index (χ0) is 14.5. The number of halogens is 6. The first-order chi connectivity index (χ1) is 8.59. The van der Waals surface area contributed by atoms with E-state index in [0.29, 0.717) is 5.56 Å². The summed E-state index contributed by atoms with van der Waals surface area (Å²) in [5.74, 6) is 0. The van der Waals surface area contributed by atoms with E-state index in [-0.39, 0.29) is 12.2 Å². The molecule has 0 saturated carbocycles. The van der Waals surface area contributed by atoms with Gasteiger partial charge in [0, 0.05) is 12.2 Å². The molecule has 1 aliphatic rings. The minimum absolute atomic E-state index is 0.0964. The fourth-order valence-corrected chi connectivity index (χ4v) is 2.45. The number of fused-ring (bicyclic) bond motifs is 1. The van der Waals surface area contributed by atoms with Crippen molar-refractivity contribution in [3.63, 3.8) is 0 Å². The van der Waals surface area contributed by atoms with Crippen LogP contribution in [0, 0.1) is 6.92 Å². The van der Waals surface area contributed by atoms with Crippen LogP contribution in [0.15, 0.2) is 18.2 Å². The maximum absolute atomic E-state index is 13.1. The van der Waals surface area contributed by atoms with Gasteiger partial charge in [-0.25, -0.2) is 0 Å². The van der Waals surface area contributed by atoms with E-state index < -0.39 is 29.8 Å². The summed E-state index contributed by atoms with van der Waals surface area (Å²) in [6, 6.07) is 3.48. The summed E-state index contributed by atoms with van der Waals surface area (Å²) in [5.41, 5.74) is -4.02. The fraction of sp³-hybridized carbons (Fsp3) is 0.500. The smallest absolute Gasteiger partial charge is 0.385 e. The van der Waals surface area contributed by atoms with Gasteiger partial charge in [-0.1, -0.05) is 12.1 Å². The topological polar surface area (TPSA) is 12.0 Å². The van der Waals surface area contributed by atoms with Crippen molar-refractivity contribution in [1.29, 1.82) is 0 Å². The summed E-state index contributed by atoms with van der Waals surface area (Å²) in [7, 11) is 0. The van der Waals surface area contributed by atoms with E-state index in [1.165, 1.54) is 12.1 Å². The Labute approximate surface area is 105 Å². The molecule has 2 rings (SSSR count). The van der Waals surface area contributed by atoms with E-state index >= 15 is 0 Å². The molecule has 0 amide bonds. The Morgan fingerprint density at radius 2 is 1.63 bits per heavy atom. The summed E-state index contributed by atoms with van der Waals surface area (Å²) < 4.78 is 78.7. The van der Waals surface area contributed by atoms with Gasteiger partial charge >= 0.3 is 12.4 Å². The summed E-state index contributed by atoms with van der Waals surface area (Å²) in [5, 5.41) is 2.60. The third-order valence-corrected chi connectivity index (χ3v) is 3.42. The molecule has 0 unspecified atom stereocenters. The highest BCUT2D eigenvalue weighted by atomic mass is 19.4. The molecule has 1 heterocycles. The Morgan fingerprint density at radius 1 is 1.05 bits per heavy atom. The van der Waals surface area contributed by atoms with Gasteiger partial charge in [0.05, 0.1) is 0 Å². The molecule has 106 valence electrons. The van der Waals surface area contributed by atoms with Gasteiger partial charge in [-0.2, -0.15) is 26.3 Å². The van der Waals surface area contributed by atoms with Crippen LogP contribution in [-0.4, -0.2) is 18.9 Å². The number of hydrogen-bond donors (Lipinski definition) is 1. The lowest BCUT2D eigenvalue weighted by molar-refractivity contribution is -0.305. The van der Waals surface area contributed by atoms with Crippen molar-refractivity contribution in [3.05, 3.63) is 29.3 Å². The highest BCUT2D eigenvalue weighted by Crippen LogP contribution is 2.57. The van der Waals surface area contributed by atoms with Crippen LogP contribution in [-0.2, 0) is 5.41 Å². The maximum atomic E-state index is 13.1. The summed E-state index contributed by atoms with van der Waals surface area (Å²) in [4.78, 5) is 0. The van der Waals surface area contributed by atoms with E-state index in [2.05, 4.69) is 5.32 Å². The van der Waals surface area contributed by atoms with E-state index in [4.69, 9.17) is 0 Å². The van der Waals surface area contributed by atoms with Crippen molar-refractivity contribution in [2.45, 2.75) is 31.1 Å². The number of alkyl halides is 6. The van der Waals surface area contributed by atoms with Gasteiger partial charge in [0.1, 0.15) is 0 Å². The first-order valence-corrected chi connectivity index (χ1v) is 5.58. The molecule has 0 aliphatic carbocycles. The molecule has 0 saturated heterocycles. The van der Waals surface area contributed by atoms with Crippen LogP contribution < -0.4 is 5.32 Å². The standard InChI is InChI=1S/C12H11F6N/c1-7-2-3-8-9(6-7)19-5-4-10(8,11(13,14)15)12(16,17)18/h2-3,6,19H,4-5H2,1H3. The number of aryl methyl sites for hydroxylation is 1. The normalized spacial score (nSPS) is 18.7. The van der Waals surface area contributed by atoms with Crippen LogP contribution >= 0.6 is 0 Å². The SMILES string of the molecule is Cc1ccc2c(c1)NCCC2(C(F)(F)F)C(F)(F)F. The van der Waals surface area contributed by atoms with Gasteiger partial charge < -0.3 is 5.32 Å². The molecule has 19 heavy (non-hydrogen) atoms. The van der Waals surface area contributed by atoms with Gasteiger partial charge in [0.15, 0.2) is 5.41 Å². The first-order valence-electron chi connectivity index (χ1n) is 5.58. The third-order valence-electron chi connectivity index (χ3n) is 3.42. The van der Waals surface area contributed by atoms with Crippen molar-refractivity contribution in [2.75, 3.05) is 11.9 Å². The monoisotopic (exact) mass is 283 g/mol. The highest BCUT2D eigenvalue weighted by molar-refractivity contribution is 5.60. The van der Waals surface area contributed by atoms with Gasteiger partial charge in [-0.15, -0.1) is 0 Å². The van der Waals surface area contributed by atoms with Gasteiger partial charge in [0.2, 0.25) is 0 Å². The molecule has 0 fully saturated rings. The molecule has 1 aromatic rings. The molecule has 7 heteroatoms. The van der Waals surface area contributed by atoms with Crippen molar-refractivity contribution < 1.29 is 26.3 Å². The van der Waals surface area contributed by atoms with Crippen LogP contribution in [0.3, 0.4) is 0 Å². The lowest BCUT2D eigenvalue weighted by Crippen LogP contribution is -2.56. The molecular formula is C12H11F6N. The van der Waals surface area contributed by atoms with E-state index in [1.807, 2.05) is 0 Å². The minimum atomic E-state index is -5.38. The summed E-state index contributed by atoms with van der Waals surface area (Å²) in [6.07, 6.45) is -11.8. The van der Waals surface area contributed by atoms with Crippen LogP contribution in [0.4, 0.5) is 32.0 Å². The lowest BCUT2D eigenvalue weighted by Gasteiger charge is -2.42. The number of benzene rings is 1. The second-order valence-electron chi connectivity index (χ2n) is 4.63. The largest absolute Gasteiger partial charge is 0.407 e. The van der Waals surface area contributed by atoms with Crippen LogP contribution in [0.5, 0.6) is 0 Å². The second kappa shape index (κ2) is 4.05. The predicted molar refractivity (Wildman–Crippen MR) is 58.1 cm³/mol. The van der Waals surface area contributed by atoms with Crippen molar-refractivity contribution in [1.82, 2.24) is 0 Å². The van der Waals surface area contributed by atoms with E-state index in [1.54, 1.807) is 6.92 Å².